The van der Waals surface area contributed by atoms with Gasteiger partial charge in [-0.05, 0) is 71.8 Å². The summed E-state index contributed by atoms with van der Waals surface area (Å²) in [6, 6.07) is 3.88. The van der Waals surface area contributed by atoms with E-state index in [1.165, 1.54) is 0 Å². The largest absolute Gasteiger partial charge is 0.447 e. The van der Waals surface area contributed by atoms with Crippen molar-refractivity contribution in [3.05, 3.63) is 35.4 Å². The summed E-state index contributed by atoms with van der Waals surface area (Å²) in [4.78, 5) is 80.6. The van der Waals surface area contributed by atoms with Crippen LogP contribution in [0.2, 0.25) is 0 Å². The number of likely N-dealkylation sites (tertiary alicyclic amines) is 1. The van der Waals surface area contributed by atoms with Crippen LogP contribution in [-0.4, -0.2) is 84.4 Å². The highest BCUT2D eigenvalue weighted by molar-refractivity contribution is 6.37. The number of hydrogen-bond acceptors (Lipinski definition) is 7. The van der Waals surface area contributed by atoms with Gasteiger partial charge in [-0.25, -0.2) is 9.59 Å². The van der Waals surface area contributed by atoms with E-state index in [1.807, 2.05) is 45.0 Å². The number of carbonyl (C=O) groups excluding carboxylic acids is 6. The number of ether oxygens (including phenoxy) is 1. The van der Waals surface area contributed by atoms with Crippen LogP contribution in [0.25, 0.3) is 0 Å². The van der Waals surface area contributed by atoms with Gasteiger partial charge in [0.2, 0.25) is 17.6 Å². The Balaban J connectivity index is 1.38. The zero-order valence-corrected chi connectivity index (χ0v) is 29.5. The van der Waals surface area contributed by atoms with Gasteiger partial charge in [0.15, 0.2) is 0 Å². The van der Waals surface area contributed by atoms with E-state index >= 15 is 0 Å². The van der Waals surface area contributed by atoms with Crippen molar-refractivity contribution in [2.45, 2.75) is 97.8 Å². The highest BCUT2D eigenvalue weighted by Crippen LogP contribution is 2.65. The Morgan fingerprint density at radius 1 is 1.00 bits per heavy atom. The van der Waals surface area contributed by atoms with Gasteiger partial charge >= 0.3 is 12.1 Å². The van der Waals surface area contributed by atoms with Crippen molar-refractivity contribution >= 4 is 35.6 Å². The number of rotatable bonds is 13. The predicted octanol–water partition coefficient (Wildman–Crippen LogP) is 2.05. The number of Topliss-reactive ketones (excluding diaryl/α,β-unsaturated/α-hetero) is 1. The Kier molecular flexibility index (Phi) is 10.3. The van der Waals surface area contributed by atoms with E-state index in [-0.39, 0.29) is 41.6 Å². The van der Waals surface area contributed by atoms with Gasteiger partial charge in [0, 0.05) is 13.1 Å². The number of nitrogens with one attached hydrogen (secondary N) is 4. The standard InChI is InChI=1S/C36H52N6O7/c1-7-38-34(48)49-18-25(35(2,3)4)40-33(47)41-27(22-15-20-10-8-9-11-21(20)16-22)32(46)42-17-23-26(36(23,5)6)28(42)31(45)39-24(14-19-12-13-19)29(43)30(37)44/h8-11,19,22-28H,7,12-18H2,1-6H3,(H2,37,44)(H,38,48)(H,39,45)(H2,40,41,47)/t23-,24?,25?,26-,27-,28-/m0/s1. The summed E-state index contributed by atoms with van der Waals surface area (Å²) >= 11 is 0. The zero-order valence-electron chi connectivity index (χ0n) is 29.5. The summed E-state index contributed by atoms with van der Waals surface area (Å²) in [5.74, 6) is -2.92. The van der Waals surface area contributed by atoms with Crippen LogP contribution in [0.4, 0.5) is 9.59 Å². The van der Waals surface area contributed by atoms with Gasteiger partial charge in [-0.15, -0.1) is 0 Å². The van der Waals surface area contributed by atoms with E-state index in [9.17, 15) is 28.8 Å². The number of carbonyl (C=O) groups is 6. The highest BCUT2D eigenvalue weighted by atomic mass is 16.5. The van der Waals surface area contributed by atoms with E-state index in [0.29, 0.717) is 32.4 Å². The van der Waals surface area contributed by atoms with Gasteiger partial charge < -0.3 is 36.6 Å². The predicted molar refractivity (Wildman–Crippen MR) is 181 cm³/mol. The molecule has 5 rings (SSSR count). The molecule has 0 radical (unpaired) electrons. The van der Waals surface area contributed by atoms with Crippen molar-refractivity contribution < 1.29 is 33.5 Å². The molecule has 13 heteroatoms. The van der Waals surface area contributed by atoms with Crippen LogP contribution in [0.5, 0.6) is 0 Å². The van der Waals surface area contributed by atoms with Crippen LogP contribution in [0, 0.1) is 34.5 Å². The number of nitrogens with two attached hydrogens (primary N) is 1. The Bertz CT molecular complexity index is 1460. The van der Waals surface area contributed by atoms with Crippen molar-refractivity contribution in [2.24, 2.45) is 40.2 Å². The molecule has 6 atom stereocenters. The number of primary amides is 1. The number of nitrogens with zero attached hydrogens (tertiary/aromatic N) is 1. The maximum atomic E-state index is 14.7. The molecular formula is C36H52N6O7. The molecule has 13 nitrogen and oxygen atoms in total. The molecule has 1 aliphatic heterocycles. The third-order valence-electron chi connectivity index (χ3n) is 11.1. The lowest BCUT2D eigenvalue weighted by molar-refractivity contribution is -0.144. The molecule has 1 heterocycles. The van der Waals surface area contributed by atoms with Gasteiger partial charge in [-0.3, -0.25) is 19.2 Å². The molecule has 0 aromatic heterocycles. The van der Waals surface area contributed by atoms with Crippen LogP contribution >= 0.6 is 0 Å². The Hall–Kier alpha value is -4.16. The van der Waals surface area contributed by atoms with Crippen molar-refractivity contribution in [2.75, 3.05) is 19.7 Å². The second-order valence-electron chi connectivity index (χ2n) is 15.9. The molecule has 49 heavy (non-hydrogen) atoms. The van der Waals surface area contributed by atoms with E-state index in [2.05, 4.69) is 35.1 Å². The lowest BCUT2D eigenvalue weighted by atomic mass is 9.87. The average Bonchev–Trinajstić information content (AvgIpc) is 3.78. The molecule has 2 unspecified atom stereocenters. The fraction of sp³-hybridized carbons (Fsp3) is 0.667. The molecule has 3 fully saturated rings. The summed E-state index contributed by atoms with van der Waals surface area (Å²) < 4.78 is 5.35. The Morgan fingerprint density at radius 3 is 2.18 bits per heavy atom. The number of fused-ring (bicyclic) bond motifs is 2. The number of hydrogen-bond donors (Lipinski definition) is 5. The van der Waals surface area contributed by atoms with E-state index in [0.717, 1.165) is 24.0 Å². The summed E-state index contributed by atoms with van der Waals surface area (Å²) in [5.41, 5.74) is 6.85. The van der Waals surface area contributed by atoms with Gasteiger partial charge in [-0.1, -0.05) is 71.7 Å². The molecule has 4 aliphatic rings. The fourth-order valence-corrected chi connectivity index (χ4v) is 7.75. The monoisotopic (exact) mass is 680 g/mol. The van der Waals surface area contributed by atoms with E-state index < -0.39 is 59.3 Å². The van der Waals surface area contributed by atoms with Crippen molar-refractivity contribution in [3.8, 4) is 0 Å². The number of benzene rings is 1. The van der Waals surface area contributed by atoms with Gasteiger partial charge in [0.05, 0.1) is 12.1 Å². The van der Waals surface area contributed by atoms with E-state index in [1.54, 1.807) is 11.8 Å². The molecule has 1 aromatic rings. The van der Waals surface area contributed by atoms with Crippen molar-refractivity contribution in [3.63, 3.8) is 0 Å². The van der Waals surface area contributed by atoms with Crippen LogP contribution < -0.4 is 27.0 Å². The maximum absolute atomic E-state index is 14.7. The smallest absolute Gasteiger partial charge is 0.407 e. The number of piperidine rings is 1. The summed E-state index contributed by atoms with van der Waals surface area (Å²) in [7, 11) is 0. The lowest BCUT2D eigenvalue weighted by Gasteiger charge is -2.36. The molecule has 268 valence electrons. The van der Waals surface area contributed by atoms with Crippen LogP contribution in [0.3, 0.4) is 0 Å². The third kappa shape index (κ3) is 8.02. The minimum absolute atomic E-state index is 0.0628. The molecular weight excluding hydrogens is 628 g/mol. The SMILES string of the molecule is CCNC(=O)OCC(NC(=O)N[C@H](C(=O)N1C[C@H]2[C@@H]([C@H]1C(=O)NC(CC1CC1)C(=O)C(N)=O)C2(C)C)C1Cc2ccccc2C1)C(C)(C)C. The number of ketones is 1. The first-order chi connectivity index (χ1) is 23.0. The minimum Gasteiger partial charge on any atom is -0.447 e. The van der Waals surface area contributed by atoms with Gasteiger partial charge in [0.1, 0.15) is 18.7 Å². The molecule has 1 aromatic carbocycles. The molecule has 1 saturated heterocycles. The topological polar surface area (TPSA) is 189 Å². The van der Waals surface area contributed by atoms with Crippen LogP contribution in [0.1, 0.15) is 71.9 Å². The highest BCUT2D eigenvalue weighted by Gasteiger charge is 2.70. The maximum Gasteiger partial charge on any atom is 0.407 e. The molecule has 0 spiro atoms. The lowest BCUT2D eigenvalue weighted by Crippen LogP contribution is -2.61. The summed E-state index contributed by atoms with van der Waals surface area (Å²) in [6.07, 6.45) is 2.70. The molecule has 0 bridgehead atoms. The number of urea groups is 1. The summed E-state index contributed by atoms with van der Waals surface area (Å²) in [5, 5.41) is 11.3. The fourth-order valence-electron chi connectivity index (χ4n) is 7.75. The molecule has 2 saturated carbocycles. The average molecular weight is 681 g/mol. The number of amides is 6. The van der Waals surface area contributed by atoms with Crippen molar-refractivity contribution in [1.29, 1.82) is 0 Å². The van der Waals surface area contributed by atoms with Gasteiger partial charge in [0.25, 0.3) is 5.91 Å². The second-order valence-corrected chi connectivity index (χ2v) is 15.9. The molecule has 6 N–H and O–H groups in total. The number of alkyl carbamates (subject to hydrolysis) is 1. The van der Waals surface area contributed by atoms with Crippen LogP contribution in [-0.2, 0) is 36.8 Å². The molecule has 6 amide bonds. The summed E-state index contributed by atoms with van der Waals surface area (Å²) in [6.45, 7) is 12.3. The first-order valence-electron chi connectivity index (χ1n) is 17.5. The first-order valence-corrected chi connectivity index (χ1v) is 17.5. The second kappa shape index (κ2) is 14.0. The Labute approximate surface area is 288 Å². The first kappa shape index (κ1) is 36.1. The zero-order chi connectivity index (χ0) is 35.8. The quantitative estimate of drug-likeness (QED) is 0.197. The van der Waals surface area contributed by atoms with Crippen LogP contribution in [0.15, 0.2) is 24.3 Å². The minimum atomic E-state index is -1.10. The van der Waals surface area contributed by atoms with Gasteiger partial charge in [-0.2, -0.15) is 0 Å². The molecule has 3 aliphatic carbocycles. The Morgan fingerprint density at radius 2 is 1.63 bits per heavy atom. The van der Waals surface area contributed by atoms with Crippen molar-refractivity contribution in [1.82, 2.24) is 26.2 Å². The third-order valence-corrected chi connectivity index (χ3v) is 11.1. The normalized spacial score (nSPS) is 24.0. The van der Waals surface area contributed by atoms with E-state index in [4.69, 9.17) is 10.5 Å².